The molecule has 1 heterocycles. The Labute approximate surface area is 141 Å². The molecular weight excluding hydrogens is 312 g/mol. The maximum atomic E-state index is 11.9. The Kier molecular flexibility index (Phi) is 6.46. The normalized spacial score (nSPS) is 24.4. The van der Waals surface area contributed by atoms with Crippen LogP contribution in [0.25, 0.3) is 0 Å². The molecule has 0 aromatic heterocycles. The summed E-state index contributed by atoms with van der Waals surface area (Å²) in [5.74, 6) is -2.30. The Morgan fingerprint density at radius 3 is 2.30 bits per heavy atom. The molecule has 0 aromatic carbocycles. The van der Waals surface area contributed by atoms with Crippen molar-refractivity contribution in [1.82, 2.24) is 0 Å². The number of aliphatic carboxylic acids is 1. The molecule has 0 radical (unpaired) electrons. The average Bonchev–Trinajstić information content (AvgIpc) is 2.67. The van der Waals surface area contributed by atoms with Crippen LogP contribution in [0.4, 0.5) is 0 Å². The van der Waals surface area contributed by atoms with Crippen LogP contribution in [-0.2, 0) is 18.7 Å². The van der Waals surface area contributed by atoms with Crippen molar-refractivity contribution in [2.75, 3.05) is 6.61 Å². The van der Waals surface area contributed by atoms with E-state index in [0.717, 1.165) is 6.42 Å². The number of carboxylic acids is 1. The maximum absolute atomic E-state index is 11.9. The van der Waals surface area contributed by atoms with E-state index in [1.54, 1.807) is 0 Å². The lowest BCUT2D eigenvalue weighted by molar-refractivity contribution is -0.166. The molecule has 3 atom stereocenters. The molecule has 0 saturated carbocycles. The first-order chi connectivity index (χ1) is 10.3. The lowest BCUT2D eigenvalue weighted by atomic mass is 9.93. The predicted molar refractivity (Wildman–Crippen MR) is 93.0 cm³/mol. The minimum Gasteiger partial charge on any atom is -0.481 e. The molecule has 0 aromatic rings. The Hall–Kier alpha value is -0.433. The van der Waals surface area contributed by atoms with Gasteiger partial charge < -0.3 is 19.0 Å². The summed E-state index contributed by atoms with van der Waals surface area (Å²) < 4.78 is 17.9. The first-order valence-electron chi connectivity index (χ1n) is 8.53. The molecule has 1 saturated heterocycles. The van der Waals surface area contributed by atoms with Crippen molar-refractivity contribution in [3.63, 3.8) is 0 Å². The lowest BCUT2D eigenvalue weighted by Gasteiger charge is -2.41. The zero-order valence-electron chi connectivity index (χ0n) is 15.9. The smallest absolute Gasteiger partial charge is 0.311 e. The van der Waals surface area contributed by atoms with Gasteiger partial charge in [0.1, 0.15) is 12.0 Å². The Balaban J connectivity index is 3.01. The SMILES string of the molecule is CCC[C@@H](O[Si](C)(C)C(C)(C)C)C(C(=O)O)[C@H]1COC(C)(C)O1. The quantitative estimate of drug-likeness (QED) is 0.705. The fourth-order valence-corrected chi connectivity index (χ4v) is 3.98. The standard InChI is InChI=1S/C17H34O5Si/c1-9-10-12(22-23(7,8)16(2,3)4)14(15(18)19)13-11-20-17(5,6)21-13/h12-14H,9-11H2,1-8H3,(H,18,19)/t12-,13-,14?/m1/s1. The van der Waals surface area contributed by atoms with Crippen molar-refractivity contribution >= 4 is 14.3 Å². The van der Waals surface area contributed by atoms with Crippen molar-refractivity contribution in [3.8, 4) is 0 Å². The van der Waals surface area contributed by atoms with Crippen molar-refractivity contribution < 1.29 is 23.8 Å². The molecule has 1 N–H and O–H groups in total. The van der Waals surface area contributed by atoms with Gasteiger partial charge in [-0.2, -0.15) is 0 Å². The number of hydrogen-bond donors (Lipinski definition) is 1. The molecule has 1 unspecified atom stereocenters. The van der Waals surface area contributed by atoms with Crippen molar-refractivity contribution in [1.29, 1.82) is 0 Å². The summed E-state index contributed by atoms with van der Waals surface area (Å²) in [6.45, 7) is 16.8. The van der Waals surface area contributed by atoms with Crippen LogP contribution in [0.3, 0.4) is 0 Å². The van der Waals surface area contributed by atoms with E-state index in [-0.39, 0.29) is 11.1 Å². The second kappa shape index (κ2) is 7.21. The molecule has 0 spiro atoms. The van der Waals surface area contributed by atoms with Gasteiger partial charge in [-0.15, -0.1) is 0 Å². The van der Waals surface area contributed by atoms with Gasteiger partial charge in [0, 0.05) is 0 Å². The minimum absolute atomic E-state index is 0.0361. The summed E-state index contributed by atoms with van der Waals surface area (Å²) in [6, 6.07) is 0. The molecule has 0 aliphatic carbocycles. The van der Waals surface area contributed by atoms with Gasteiger partial charge in [-0.05, 0) is 38.4 Å². The third-order valence-corrected chi connectivity index (χ3v) is 9.45. The topological polar surface area (TPSA) is 65.0 Å². The van der Waals surface area contributed by atoms with E-state index in [1.807, 2.05) is 13.8 Å². The first kappa shape index (κ1) is 20.6. The molecule has 1 fully saturated rings. The van der Waals surface area contributed by atoms with E-state index in [9.17, 15) is 9.90 Å². The van der Waals surface area contributed by atoms with Crippen molar-refractivity contribution in [3.05, 3.63) is 0 Å². The fraction of sp³-hybridized carbons (Fsp3) is 0.941. The third kappa shape index (κ3) is 5.27. The highest BCUT2D eigenvalue weighted by molar-refractivity contribution is 6.74. The third-order valence-electron chi connectivity index (χ3n) is 4.94. The lowest BCUT2D eigenvalue weighted by Crippen LogP contribution is -2.50. The molecule has 0 amide bonds. The van der Waals surface area contributed by atoms with Crippen LogP contribution >= 0.6 is 0 Å². The number of carbonyl (C=O) groups is 1. The molecule has 1 aliphatic heterocycles. The van der Waals surface area contributed by atoms with Crippen LogP contribution in [0.2, 0.25) is 18.1 Å². The summed E-state index contributed by atoms with van der Waals surface area (Å²) in [5, 5.41) is 9.84. The highest BCUT2D eigenvalue weighted by atomic mass is 28.4. The fourth-order valence-electron chi connectivity index (χ4n) is 2.60. The van der Waals surface area contributed by atoms with E-state index in [2.05, 4.69) is 40.8 Å². The van der Waals surface area contributed by atoms with Crippen LogP contribution in [0.1, 0.15) is 54.4 Å². The Bertz CT molecular complexity index is 414. The zero-order valence-corrected chi connectivity index (χ0v) is 16.9. The van der Waals surface area contributed by atoms with Gasteiger partial charge >= 0.3 is 5.97 Å². The Morgan fingerprint density at radius 1 is 1.39 bits per heavy atom. The average molecular weight is 347 g/mol. The molecule has 23 heavy (non-hydrogen) atoms. The second-order valence-electron chi connectivity index (χ2n) is 8.44. The highest BCUT2D eigenvalue weighted by Gasteiger charge is 2.47. The van der Waals surface area contributed by atoms with E-state index < -0.39 is 32.1 Å². The highest BCUT2D eigenvalue weighted by Crippen LogP contribution is 2.40. The van der Waals surface area contributed by atoms with Gasteiger partial charge in [0.2, 0.25) is 0 Å². The molecule has 5 nitrogen and oxygen atoms in total. The van der Waals surface area contributed by atoms with E-state index in [4.69, 9.17) is 13.9 Å². The van der Waals surface area contributed by atoms with Gasteiger partial charge in [0.25, 0.3) is 0 Å². The van der Waals surface area contributed by atoms with E-state index >= 15 is 0 Å². The number of carboxylic acid groups (broad SMARTS) is 1. The predicted octanol–water partition coefficient (Wildman–Crippen LogP) is 4.03. The summed E-state index contributed by atoms with van der Waals surface area (Å²) in [5.41, 5.74) is 0. The van der Waals surface area contributed by atoms with E-state index in [0.29, 0.717) is 13.0 Å². The van der Waals surface area contributed by atoms with Crippen LogP contribution in [0.15, 0.2) is 0 Å². The molecule has 1 aliphatic rings. The minimum atomic E-state index is -2.06. The van der Waals surface area contributed by atoms with Crippen molar-refractivity contribution in [2.24, 2.45) is 5.92 Å². The Morgan fingerprint density at radius 2 is 1.96 bits per heavy atom. The molecule has 6 heteroatoms. The molecule has 0 bridgehead atoms. The summed E-state index contributed by atoms with van der Waals surface area (Å²) in [4.78, 5) is 11.9. The van der Waals surface area contributed by atoms with Crippen molar-refractivity contribution in [2.45, 2.75) is 90.5 Å². The van der Waals surface area contributed by atoms with E-state index in [1.165, 1.54) is 0 Å². The number of hydrogen-bond acceptors (Lipinski definition) is 4. The van der Waals surface area contributed by atoms with Gasteiger partial charge in [-0.25, -0.2) is 0 Å². The van der Waals surface area contributed by atoms with Crippen LogP contribution in [0.5, 0.6) is 0 Å². The van der Waals surface area contributed by atoms with Gasteiger partial charge in [0.05, 0.1) is 12.7 Å². The summed E-state index contributed by atoms with van der Waals surface area (Å²) in [7, 11) is -2.06. The maximum Gasteiger partial charge on any atom is 0.311 e. The monoisotopic (exact) mass is 346 g/mol. The number of ether oxygens (including phenoxy) is 2. The molecule has 1 rings (SSSR count). The summed E-state index contributed by atoms with van der Waals surface area (Å²) >= 11 is 0. The van der Waals surface area contributed by atoms with Crippen LogP contribution < -0.4 is 0 Å². The number of rotatable bonds is 7. The summed E-state index contributed by atoms with van der Waals surface area (Å²) in [6.07, 6.45) is 0.772. The van der Waals surface area contributed by atoms with Gasteiger partial charge in [-0.1, -0.05) is 34.1 Å². The molecule has 136 valence electrons. The largest absolute Gasteiger partial charge is 0.481 e. The first-order valence-corrected chi connectivity index (χ1v) is 11.4. The zero-order chi connectivity index (χ0) is 18.1. The van der Waals surface area contributed by atoms with Crippen LogP contribution in [0, 0.1) is 5.92 Å². The van der Waals surface area contributed by atoms with Crippen LogP contribution in [-0.4, -0.2) is 44.0 Å². The second-order valence-corrected chi connectivity index (χ2v) is 13.2. The van der Waals surface area contributed by atoms with Gasteiger partial charge in [0.15, 0.2) is 14.1 Å². The molecular formula is C17H34O5Si. The van der Waals surface area contributed by atoms with Gasteiger partial charge in [-0.3, -0.25) is 4.79 Å².